The summed E-state index contributed by atoms with van der Waals surface area (Å²) in [7, 11) is 0. The van der Waals surface area contributed by atoms with Gasteiger partial charge in [-0.3, -0.25) is 4.98 Å². The van der Waals surface area contributed by atoms with Crippen LogP contribution in [0.3, 0.4) is 0 Å². The van der Waals surface area contributed by atoms with Crippen molar-refractivity contribution < 1.29 is 4.74 Å². The highest BCUT2D eigenvalue weighted by Crippen LogP contribution is 2.24. The van der Waals surface area contributed by atoms with Gasteiger partial charge in [-0.1, -0.05) is 67.3 Å². The first-order valence-electron chi connectivity index (χ1n) is 8.89. The van der Waals surface area contributed by atoms with Gasteiger partial charge in [0.2, 0.25) is 0 Å². The summed E-state index contributed by atoms with van der Waals surface area (Å²) in [6, 6.07) is 23.2. The van der Waals surface area contributed by atoms with Crippen LogP contribution in [0.15, 0.2) is 79.5 Å². The minimum Gasteiger partial charge on any atom is -0.376 e. The van der Waals surface area contributed by atoms with Gasteiger partial charge in [0.05, 0.1) is 18.7 Å². The van der Waals surface area contributed by atoms with Gasteiger partial charge < -0.3 is 4.74 Å². The van der Waals surface area contributed by atoms with E-state index in [1.807, 2.05) is 12.3 Å². The predicted octanol–water partition coefficient (Wildman–Crippen LogP) is 5.79. The maximum Gasteiger partial charge on any atom is 0.0717 e. The molecule has 4 rings (SSSR count). The molecule has 0 saturated carbocycles. The van der Waals surface area contributed by atoms with Crippen LogP contribution >= 0.6 is 0 Å². The molecule has 0 fully saturated rings. The predicted molar refractivity (Wildman–Crippen MR) is 109 cm³/mol. The van der Waals surface area contributed by atoms with E-state index in [0.29, 0.717) is 13.2 Å². The van der Waals surface area contributed by atoms with Crippen molar-refractivity contribution in [2.24, 2.45) is 0 Å². The zero-order valence-corrected chi connectivity index (χ0v) is 14.7. The molecule has 0 bridgehead atoms. The number of fused-ring (bicyclic) bond motifs is 3. The van der Waals surface area contributed by atoms with Crippen LogP contribution in [-0.2, 0) is 17.8 Å². The summed E-state index contributed by atoms with van der Waals surface area (Å²) in [6.07, 6.45) is 4.69. The average molecular weight is 339 g/mol. The Labute approximate surface area is 153 Å². The van der Waals surface area contributed by atoms with Crippen molar-refractivity contribution in [2.45, 2.75) is 13.0 Å². The number of nitrogens with zero attached hydrogens (tertiary/aromatic N) is 1. The fourth-order valence-electron chi connectivity index (χ4n) is 3.19. The Morgan fingerprint density at radius 3 is 2.54 bits per heavy atom. The molecule has 0 atom stereocenters. The molecule has 0 aliphatic rings. The second-order valence-electron chi connectivity index (χ2n) is 6.45. The van der Waals surface area contributed by atoms with Gasteiger partial charge in [0.25, 0.3) is 0 Å². The molecule has 26 heavy (non-hydrogen) atoms. The number of rotatable bonds is 6. The molecule has 1 heterocycles. The highest BCUT2D eigenvalue weighted by molar-refractivity contribution is 6.05. The van der Waals surface area contributed by atoms with E-state index in [2.05, 4.69) is 78.3 Å². The first-order chi connectivity index (χ1) is 12.8. The molecule has 0 unspecified atom stereocenters. The maximum atomic E-state index is 5.86. The molecule has 0 saturated heterocycles. The summed E-state index contributed by atoms with van der Waals surface area (Å²) in [5, 5.41) is 3.64. The lowest BCUT2D eigenvalue weighted by molar-refractivity contribution is 0.124. The highest BCUT2D eigenvalue weighted by atomic mass is 16.5. The van der Waals surface area contributed by atoms with Crippen LogP contribution in [-0.4, -0.2) is 11.6 Å². The topological polar surface area (TPSA) is 22.1 Å². The Hall–Kier alpha value is -2.97. The summed E-state index contributed by atoms with van der Waals surface area (Å²) < 4.78 is 5.86. The van der Waals surface area contributed by atoms with Crippen molar-refractivity contribution in [3.05, 3.63) is 96.2 Å². The molecule has 0 aliphatic heterocycles. The minimum absolute atomic E-state index is 0.634. The van der Waals surface area contributed by atoms with Gasteiger partial charge in [0.1, 0.15) is 0 Å². The Balaban J connectivity index is 1.43. The quantitative estimate of drug-likeness (QED) is 0.328. The molecule has 0 aliphatic carbocycles. The van der Waals surface area contributed by atoms with Gasteiger partial charge in [-0.2, -0.15) is 0 Å². The van der Waals surface area contributed by atoms with Crippen LogP contribution in [0.4, 0.5) is 0 Å². The second-order valence-corrected chi connectivity index (χ2v) is 6.45. The fourth-order valence-corrected chi connectivity index (χ4v) is 3.19. The molecule has 0 N–H and O–H groups in total. The molecular weight excluding hydrogens is 318 g/mol. The molecule has 2 nitrogen and oxygen atoms in total. The van der Waals surface area contributed by atoms with Gasteiger partial charge in [-0.25, -0.2) is 0 Å². The number of aromatic nitrogens is 1. The number of benzene rings is 3. The van der Waals surface area contributed by atoms with Crippen LogP contribution in [0, 0.1) is 0 Å². The van der Waals surface area contributed by atoms with Gasteiger partial charge in [-0.15, -0.1) is 0 Å². The van der Waals surface area contributed by atoms with Crippen LogP contribution < -0.4 is 0 Å². The van der Waals surface area contributed by atoms with Crippen molar-refractivity contribution >= 4 is 27.8 Å². The maximum absolute atomic E-state index is 5.86. The van der Waals surface area contributed by atoms with Crippen molar-refractivity contribution in [3.8, 4) is 0 Å². The summed E-state index contributed by atoms with van der Waals surface area (Å²) in [4.78, 5) is 4.56. The minimum atomic E-state index is 0.634. The van der Waals surface area contributed by atoms with Crippen molar-refractivity contribution in [2.75, 3.05) is 6.61 Å². The van der Waals surface area contributed by atoms with E-state index in [9.17, 15) is 0 Å². The molecule has 4 aromatic rings. The van der Waals surface area contributed by atoms with Crippen molar-refractivity contribution in [3.63, 3.8) is 0 Å². The summed E-state index contributed by atoms with van der Waals surface area (Å²) in [6.45, 7) is 5.11. The van der Waals surface area contributed by atoms with Crippen LogP contribution in [0.5, 0.6) is 0 Å². The van der Waals surface area contributed by atoms with E-state index in [0.717, 1.165) is 17.5 Å². The summed E-state index contributed by atoms with van der Waals surface area (Å²) in [5.74, 6) is 0. The zero-order chi connectivity index (χ0) is 17.8. The van der Waals surface area contributed by atoms with Gasteiger partial charge in [0.15, 0.2) is 0 Å². The smallest absolute Gasteiger partial charge is 0.0717 e. The van der Waals surface area contributed by atoms with E-state index in [4.69, 9.17) is 4.74 Å². The monoisotopic (exact) mass is 339 g/mol. The standard InChI is InChI=1S/C24H21NO/c1-2-18-7-9-20(10-8-18)17-26-14-13-19-11-12-24-23(15-19)22-6-4-3-5-21(22)16-25-24/h2-12,15-16H,1,13-14,17H2. The van der Waals surface area contributed by atoms with Crippen LogP contribution in [0.25, 0.3) is 27.8 Å². The summed E-state index contributed by atoms with van der Waals surface area (Å²) in [5.41, 5.74) is 4.63. The average Bonchev–Trinajstić information content (AvgIpc) is 2.71. The Morgan fingerprint density at radius 1 is 0.885 bits per heavy atom. The van der Waals surface area contributed by atoms with Crippen LogP contribution in [0.2, 0.25) is 0 Å². The lowest BCUT2D eigenvalue weighted by Gasteiger charge is -2.08. The van der Waals surface area contributed by atoms with E-state index >= 15 is 0 Å². The molecule has 2 heteroatoms. The van der Waals surface area contributed by atoms with E-state index in [-0.39, 0.29) is 0 Å². The lowest BCUT2D eigenvalue weighted by atomic mass is 10.0. The van der Waals surface area contributed by atoms with Crippen molar-refractivity contribution in [1.82, 2.24) is 4.98 Å². The number of pyridine rings is 1. The number of hydrogen-bond donors (Lipinski definition) is 0. The number of hydrogen-bond acceptors (Lipinski definition) is 2. The van der Waals surface area contributed by atoms with Gasteiger partial charge in [-0.05, 0) is 40.6 Å². The molecule has 1 aromatic heterocycles. The highest BCUT2D eigenvalue weighted by Gasteiger charge is 2.03. The third kappa shape index (κ3) is 3.51. The fraction of sp³-hybridized carbons (Fsp3) is 0.125. The van der Waals surface area contributed by atoms with Gasteiger partial charge in [0, 0.05) is 17.0 Å². The lowest BCUT2D eigenvalue weighted by Crippen LogP contribution is -1.99. The largest absolute Gasteiger partial charge is 0.376 e. The Morgan fingerprint density at radius 2 is 1.69 bits per heavy atom. The van der Waals surface area contributed by atoms with E-state index in [1.165, 1.54) is 27.3 Å². The third-order valence-electron chi connectivity index (χ3n) is 4.67. The molecule has 3 aromatic carbocycles. The summed E-state index contributed by atoms with van der Waals surface area (Å²) >= 11 is 0. The Kier molecular flexibility index (Phi) is 4.76. The molecule has 0 spiro atoms. The first-order valence-corrected chi connectivity index (χ1v) is 8.89. The Bertz CT molecular complexity index is 1050. The third-order valence-corrected chi connectivity index (χ3v) is 4.67. The molecular formula is C24H21NO. The molecule has 0 amide bonds. The van der Waals surface area contributed by atoms with E-state index in [1.54, 1.807) is 0 Å². The normalized spacial score (nSPS) is 11.1. The van der Waals surface area contributed by atoms with Gasteiger partial charge >= 0.3 is 0 Å². The van der Waals surface area contributed by atoms with E-state index < -0.39 is 0 Å². The van der Waals surface area contributed by atoms with Crippen molar-refractivity contribution in [1.29, 1.82) is 0 Å². The zero-order valence-electron chi connectivity index (χ0n) is 14.7. The molecule has 128 valence electrons. The molecule has 0 radical (unpaired) electrons. The SMILES string of the molecule is C=Cc1ccc(COCCc2ccc3ncc4ccccc4c3c2)cc1. The first kappa shape index (κ1) is 16.5. The number of ether oxygens (including phenoxy) is 1. The second kappa shape index (κ2) is 7.51. The van der Waals surface area contributed by atoms with Crippen LogP contribution in [0.1, 0.15) is 16.7 Å².